The van der Waals surface area contributed by atoms with Gasteiger partial charge in [0.05, 0.1) is 23.4 Å². The van der Waals surface area contributed by atoms with Crippen LogP contribution in [-0.4, -0.2) is 24.3 Å². The van der Waals surface area contributed by atoms with Crippen LogP contribution in [0.25, 0.3) is 0 Å². The van der Waals surface area contributed by atoms with Gasteiger partial charge in [-0.25, -0.2) is 9.29 Å². The van der Waals surface area contributed by atoms with Crippen molar-refractivity contribution < 1.29 is 18.7 Å². The molecule has 2 aromatic rings. The van der Waals surface area contributed by atoms with E-state index in [1.807, 2.05) is 6.92 Å². The Morgan fingerprint density at radius 1 is 1.12 bits per heavy atom. The zero-order chi connectivity index (χ0) is 18.0. The maximum absolute atomic E-state index is 14.5. The summed E-state index contributed by atoms with van der Waals surface area (Å²) in [6.45, 7) is 2.39. The van der Waals surface area contributed by atoms with Crippen LogP contribution in [-0.2, 0) is 4.74 Å². The summed E-state index contributed by atoms with van der Waals surface area (Å²) in [6.07, 6.45) is 1.73. The summed E-state index contributed by atoms with van der Waals surface area (Å²) >= 11 is 0. The highest BCUT2D eigenvalue weighted by Gasteiger charge is 2.37. The number of benzene rings is 2. The van der Waals surface area contributed by atoms with Gasteiger partial charge in [0.2, 0.25) is 5.90 Å². The van der Waals surface area contributed by atoms with Crippen molar-refractivity contribution in [1.29, 1.82) is 5.41 Å². The Bertz CT molecular complexity index is 828. The standard InChI is InChI=1S/C19H17FN2O3/c1-2-3-10-25-17(21)12-8-9-16(15(20)11-12)22-18(23)13-6-4-5-7-14(13)19(22)24/h4-9,11,21H,2-3,10H2,1H3. The van der Waals surface area contributed by atoms with E-state index in [1.54, 1.807) is 24.3 Å². The molecule has 2 amide bonds. The minimum absolute atomic E-state index is 0.128. The second-order valence-corrected chi connectivity index (χ2v) is 5.69. The third kappa shape index (κ3) is 3.03. The monoisotopic (exact) mass is 340 g/mol. The fraction of sp³-hybridized carbons (Fsp3) is 0.211. The highest BCUT2D eigenvalue weighted by Crippen LogP contribution is 2.30. The van der Waals surface area contributed by atoms with E-state index < -0.39 is 17.6 Å². The number of anilines is 1. The van der Waals surface area contributed by atoms with E-state index in [0.29, 0.717) is 6.61 Å². The summed E-state index contributed by atoms with van der Waals surface area (Å²) < 4.78 is 19.8. The van der Waals surface area contributed by atoms with Gasteiger partial charge in [0.25, 0.3) is 11.8 Å². The van der Waals surface area contributed by atoms with Crippen molar-refractivity contribution in [2.45, 2.75) is 19.8 Å². The number of ether oxygens (including phenoxy) is 1. The Hall–Kier alpha value is -3.02. The average Bonchev–Trinajstić information content (AvgIpc) is 2.87. The molecule has 128 valence electrons. The van der Waals surface area contributed by atoms with E-state index in [-0.39, 0.29) is 28.3 Å². The van der Waals surface area contributed by atoms with Crippen molar-refractivity contribution in [1.82, 2.24) is 0 Å². The first-order chi connectivity index (χ1) is 12.0. The Balaban J connectivity index is 1.86. The molecule has 0 unspecified atom stereocenters. The summed E-state index contributed by atoms with van der Waals surface area (Å²) in [7, 11) is 0. The van der Waals surface area contributed by atoms with Gasteiger partial charge < -0.3 is 4.74 Å². The van der Waals surface area contributed by atoms with Gasteiger partial charge in [-0.05, 0) is 36.8 Å². The number of amides is 2. The minimum Gasteiger partial charge on any atom is -0.478 e. The number of unbranched alkanes of at least 4 members (excludes halogenated alkanes) is 1. The summed E-state index contributed by atoms with van der Waals surface area (Å²) in [6, 6.07) is 10.3. The van der Waals surface area contributed by atoms with Gasteiger partial charge in [-0.15, -0.1) is 0 Å². The Morgan fingerprint density at radius 2 is 1.76 bits per heavy atom. The lowest BCUT2D eigenvalue weighted by atomic mass is 10.1. The van der Waals surface area contributed by atoms with Crippen LogP contribution in [0.4, 0.5) is 10.1 Å². The molecule has 25 heavy (non-hydrogen) atoms. The number of rotatable bonds is 5. The zero-order valence-electron chi connectivity index (χ0n) is 13.7. The molecule has 0 fully saturated rings. The van der Waals surface area contributed by atoms with Crippen LogP contribution in [0.3, 0.4) is 0 Å². The lowest BCUT2D eigenvalue weighted by Crippen LogP contribution is -2.30. The number of carbonyl (C=O) groups is 2. The van der Waals surface area contributed by atoms with Crippen molar-refractivity contribution in [3.05, 3.63) is 65.0 Å². The van der Waals surface area contributed by atoms with Gasteiger partial charge in [0, 0.05) is 5.56 Å². The number of nitrogens with zero attached hydrogens (tertiary/aromatic N) is 1. The number of carbonyl (C=O) groups excluding carboxylic acids is 2. The quantitative estimate of drug-likeness (QED) is 0.390. The van der Waals surface area contributed by atoms with E-state index in [9.17, 15) is 14.0 Å². The van der Waals surface area contributed by atoms with Crippen LogP contribution in [0.2, 0.25) is 0 Å². The summed E-state index contributed by atoms with van der Waals surface area (Å²) in [5, 5.41) is 7.83. The SMILES string of the molecule is CCCCOC(=N)c1ccc(N2C(=O)c3ccccc3C2=O)c(F)c1. The van der Waals surface area contributed by atoms with Gasteiger partial charge in [-0.2, -0.15) is 0 Å². The van der Waals surface area contributed by atoms with Crippen LogP contribution in [0.5, 0.6) is 0 Å². The molecular weight excluding hydrogens is 323 g/mol. The van der Waals surface area contributed by atoms with E-state index in [1.165, 1.54) is 12.1 Å². The molecule has 0 saturated carbocycles. The first kappa shape index (κ1) is 16.8. The smallest absolute Gasteiger partial charge is 0.266 e. The number of halogens is 1. The highest BCUT2D eigenvalue weighted by atomic mass is 19.1. The fourth-order valence-electron chi connectivity index (χ4n) is 2.64. The third-order valence-electron chi connectivity index (χ3n) is 3.99. The summed E-state index contributed by atoms with van der Waals surface area (Å²) in [4.78, 5) is 25.7. The van der Waals surface area contributed by atoms with Crippen molar-refractivity contribution in [3.63, 3.8) is 0 Å². The normalized spacial score (nSPS) is 13.1. The second kappa shape index (κ2) is 6.84. The minimum atomic E-state index is -0.754. The Kier molecular flexibility index (Phi) is 4.61. The van der Waals surface area contributed by atoms with Crippen molar-refractivity contribution in [2.75, 3.05) is 11.5 Å². The lowest BCUT2D eigenvalue weighted by Gasteiger charge is -2.16. The molecule has 5 nitrogen and oxygen atoms in total. The molecule has 0 atom stereocenters. The van der Waals surface area contributed by atoms with Gasteiger partial charge in [-0.1, -0.05) is 25.5 Å². The third-order valence-corrected chi connectivity index (χ3v) is 3.99. The molecule has 1 heterocycles. The molecule has 0 saturated heterocycles. The number of hydrogen-bond donors (Lipinski definition) is 1. The average molecular weight is 340 g/mol. The van der Waals surface area contributed by atoms with E-state index in [0.717, 1.165) is 23.8 Å². The molecule has 6 heteroatoms. The molecule has 0 bridgehead atoms. The molecule has 0 spiro atoms. The molecular formula is C19H17FN2O3. The lowest BCUT2D eigenvalue weighted by molar-refractivity contribution is 0.0925. The van der Waals surface area contributed by atoms with E-state index in [4.69, 9.17) is 10.1 Å². The number of nitrogens with one attached hydrogen (secondary N) is 1. The largest absolute Gasteiger partial charge is 0.478 e. The molecule has 3 rings (SSSR count). The summed E-state index contributed by atoms with van der Waals surface area (Å²) in [5.74, 6) is -2.00. The molecule has 0 radical (unpaired) electrons. The van der Waals surface area contributed by atoms with Crippen molar-refractivity contribution in [2.24, 2.45) is 0 Å². The zero-order valence-corrected chi connectivity index (χ0v) is 13.7. The highest BCUT2D eigenvalue weighted by molar-refractivity contribution is 6.34. The second-order valence-electron chi connectivity index (χ2n) is 5.69. The fourth-order valence-corrected chi connectivity index (χ4v) is 2.64. The van der Waals surface area contributed by atoms with E-state index >= 15 is 0 Å². The molecule has 1 aliphatic heterocycles. The van der Waals surface area contributed by atoms with Crippen LogP contribution >= 0.6 is 0 Å². The Morgan fingerprint density at radius 3 is 2.32 bits per heavy atom. The van der Waals surface area contributed by atoms with Gasteiger partial charge in [-0.3, -0.25) is 15.0 Å². The van der Waals surface area contributed by atoms with Crippen LogP contribution < -0.4 is 4.90 Å². The number of imide groups is 1. The molecule has 0 aliphatic carbocycles. The van der Waals surface area contributed by atoms with Crippen molar-refractivity contribution >= 4 is 23.4 Å². The van der Waals surface area contributed by atoms with Gasteiger partial charge >= 0.3 is 0 Å². The molecule has 0 aromatic heterocycles. The van der Waals surface area contributed by atoms with E-state index in [2.05, 4.69) is 0 Å². The van der Waals surface area contributed by atoms with Crippen molar-refractivity contribution in [3.8, 4) is 0 Å². The predicted molar refractivity (Wildman–Crippen MR) is 91.7 cm³/mol. The number of hydrogen-bond acceptors (Lipinski definition) is 4. The van der Waals surface area contributed by atoms with Gasteiger partial charge in [0.1, 0.15) is 5.82 Å². The predicted octanol–water partition coefficient (Wildman–Crippen LogP) is 3.77. The topological polar surface area (TPSA) is 70.5 Å². The maximum Gasteiger partial charge on any atom is 0.266 e. The maximum atomic E-state index is 14.5. The number of fused-ring (bicyclic) bond motifs is 1. The molecule has 1 N–H and O–H groups in total. The molecule has 2 aromatic carbocycles. The van der Waals surface area contributed by atoms with Gasteiger partial charge in [0.15, 0.2) is 0 Å². The van der Waals surface area contributed by atoms with Crippen LogP contribution in [0.15, 0.2) is 42.5 Å². The van der Waals surface area contributed by atoms with Crippen LogP contribution in [0.1, 0.15) is 46.0 Å². The first-order valence-electron chi connectivity index (χ1n) is 8.03. The van der Waals surface area contributed by atoms with Crippen LogP contribution in [0, 0.1) is 11.2 Å². The Labute approximate surface area is 144 Å². The first-order valence-corrected chi connectivity index (χ1v) is 8.03. The summed E-state index contributed by atoms with van der Waals surface area (Å²) in [5.41, 5.74) is 0.642. The molecule has 1 aliphatic rings.